The van der Waals surface area contributed by atoms with Crippen molar-refractivity contribution in [1.29, 1.82) is 0 Å². The minimum Gasteiger partial charge on any atom is -0.379 e. The molecule has 1 atom stereocenters. The number of halogens is 1. The van der Waals surface area contributed by atoms with Crippen LogP contribution in [0.1, 0.15) is 11.6 Å². The minimum atomic E-state index is -3.45. The second kappa shape index (κ2) is 12.3. The Bertz CT molecular complexity index is 1710. The summed E-state index contributed by atoms with van der Waals surface area (Å²) in [5, 5.41) is 0.503. The van der Waals surface area contributed by atoms with Gasteiger partial charge in [-0.25, -0.2) is 8.42 Å². The van der Waals surface area contributed by atoms with Crippen molar-refractivity contribution in [3.8, 4) is 11.1 Å². The predicted octanol–water partition coefficient (Wildman–Crippen LogP) is 4.29. The number of benzene rings is 3. The zero-order chi connectivity index (χ0) is 29.1. The minimum absolute atomic E-state index is 0.0993. The summed E-state index contributed by atoms with van der Waals surface area (Å²) in [4.78, 5) is 30.2. The summed E-state index contributed by atoms with van der Waals surface area (Å²) in [6, 6.07) is 20.0. The van der Waals surface area contributed by atoms with Gasteiger partial charge in [0.15, 0.2) is 0 Å². The molecule has 4 aromatic rings. The number of hydrogen-bond acceptors (Lipinski definition) is 7. The number of aromatic nitrogens is 1. The molecular formula is C29H31ClN4O5S2. The van der Waals surface area contributed by atoms with Gasteiger partial charge in [-0.15, -0.1) is 0 Å². The van der Waals surface area contributed by atoms with Crippen LogP contribution in [-0.2, 0) is 26.1 Å². The van der Waals surface area contributed by atoms with Crippen LogP contribution in [0.15, 0.2) is 71.5 Å². The van der Waals surface area contributed by atoms with Gasteiger partial charge in [-0.1, -0.05) is 65.4 Å². The third-order valence-electron chi connectivity index (χ3n) is 7.15. The number of ether oxygens (including phenoxy) is 1. The van der Waals surface area contributed by atoms with E-state index in [0.29, 0.717) is 36.0 Å². The van der Waals surface area contributed by atoms with E-state index in [4.69, 9.17) is 16.3 Å². The molecule has 9 nitrogen and oxygen atoms in total. The molecule has 0 aliphatic carbocycles. The van der Waals surface area contributed by atoms with E-state index in [0.717, 1.165) is 52.1 Å². The Morgan fingerprint density at radius 2 is 1.80 bits per heavy atom. The molecule has 0 spiro atoms. The quantitative estimate of drug-likeness (QED) is 0.302. The molecule has 1 unspecified atom stereocenters. The van der Waals surface area contributed by atoms with Crippen molar-refractivity contribution >= 4 is 54.8 Å². The van der Waals surface area contributed by atoms with Crippen LogP contribution in [0.25, 0.3) is 21.3 Å². The number of hydrogen-bond donors (Lipinski definition) is 1. The lowest BCUT2D eigenvalue weighted by Crippen LogP contribution is -2.44. The maximum Gasteiger partial charge on any atom is 0.308 e. The monoisotopic (exact) mass is 614 g/mol. The molecule has 1 saturated heterocycles. The molecule has 5 rings (SSSR count). The van der Waals surface area contributed by atoms with Crippen molar-refractivity contribution < 1.29 is 17.9 Å². The number of nitrogens with zero attached hydrogens (tertiary/aromatic N) is 3. The largest absolute Gasteiger partial charge is 0.379 e. The third-order valence-corrected chi connectivity index (χ3v) is 8.93. The number of thiazole rings is 1. The van der Waals surface area contributed by atoms with Crippen LogP contribution in [0.5, 0.6) is 0 Å². The van der Waals surface area contributed by atoms with Crippen LogP contribution >= 0.6 is 22.9 Å². The van der Waals surface area contributed by atoms with E-state index < -0.39 is 10.0 Å². The zero-order valence-electron chi connectivity index (χ0n) is 22.7. The molecule has 1 fully saturated rings. The van der Waals surface area contributed by atoms with Crippen LogP contribution in [0.2, 0.25) is 5.02 Å². The summed E-state index contributed by atoms with van der Waals surface area (Å²) in [6.45, 7) is 3.28. The second-order valence-electron chi connectivity index (χ2n) is 10.0. The smallest absolute Gasteiger partial charge is 0.308 e. The molecule has 1 aliphatic heterocycles. The molecule has 1 N–H and O–H groups in total. The Balaban J connectivity index is 1.43. The number of amides is 1. The Hall–Kier alpha value is -3.22. The van der Waals surface area contributed by atoms with Gasteiger partial charge in [0.25, 0.3) is 0 Å². The molecular weight excluding hydrogens is 584 g/mol. The highest BCUT2D eigenvalue weighted by Crippen LogP contribution is 2.31. The molecule has 1 amide bonds. The first kappa shape index (κ1) is 29.3. The fraction of sp³-hybridized carbons (Fsp3) is 0.310. The molecule has 0 radical (unpaired) electrons. The zero-order valence-corrected chi connectivity index (χ0v) is 25.1. The number of para-hydroxylation sites is 1. The molecule has 216 valence electrons. The summed E-state index contributed by atoms with van der Waals surface area (Å²) < 4.78 is 34.1. The Morgan fingerprint density at radius 3 is 2.51 bits per heavy atom. The van der Waals surface area contributed by atoms with Gasteiger partial charge in [-0.2, -0.15) is 0 Å². The first-order valence-corrected chi connectivity index (χ1v) is 16.2. The highest BCUT2D eigenvalue weighted by molar-refractivity contribution is 7.92. The van der Waals surface area contributed by atoms with E-state index in [1.165, 1.54) is 4.57 Å². The number of morpholine rings is 1. The van der Waals surface area contributed by atoms with E-state index >= 15 is 0 Å². The lowest BCUT2D eigenvalue weighted by atomic mass is 9.98. The highest BCUT2D eigenvalue weighted by atomic mass is 35.5. The fourth-order valence-electron chi connectivity index (χ4n) is 4.99. The molecule has 0 saturated carbocycles. The SMILES string of the molecule is CN(C(=O)Cn1c(=O)sc2ccc(Cl)cc21)C(CN1CCOCC1)c1ccc(-c2ccccc2NS(C)(=O)=O)cc1. The molecule has 12 heteroatoms. The van der Waals surface area contributed by atoms with Crippen LogP contribution < -0.4 is 9.60 Å². The van der Waals surface area contributed by atoms with Crippen molar-refractivity contribution in [2.75, 3.05) is 50.9 Å². The predicted molar refractivity (Wildman–Crippen MR) is 164 cm³/mol. The van der Waals surface area contributed by atoms with E-state index in [1.54, 1.807) is 42.3 Å². The van der Waals surface area contributed by atoms with Gasteiger partial charge in [0, 0.05) is 37.3 Å². The van der Waals surface area contributed by atoms with Gasteiger partial charge in [0.1, 0.15) is 6.54 Å². The highest BCUT2D eigenvalue weighted by Gasteiger charge is 2.26. The van der Waals surface area contributed by atoms with Crippen molar-refractivity contribution in [2.24, 2.45) is 0 Å². The van der Waals surface area contributed by atoms with E-state index in [2.05, 4.69) is 9.62 Å². The Morgan fingerprint density at radius 1 is 1.10 bits per heavy atom. The first-order valence-electron chi connectivity index (χ1n) is 13.1. The number of sulfonamides is 1. The van der Waals surface area contributed by atoms with Gasteiger partial charge in [0.2, 0.25) is 15.9 Å². The second-order valence-corrected chi connectivity index (χ2v) is 13.2. The van der Waals surface area contributed by atoms with Crippen molar-refractivity contribution in [1.82, 2.24) is 14.4 Å². The van der Waals surface area contributed by atoms with E-state index in [-0.39, 0.29) is 23.4 Å². The average Bonchev–Trinajstić information content (AvgIpc) is 3.25. The average molecular weight is 615 g/mol. The molecule has 1 aromatic heterocycles. The number of anilines is 1. The van der Waals surface area contributed by atoms with Crippen LogP contribution in [0, 0.1) is 0 Å². The molecule has 3 aromatic carbocycles. The maximum absolute atomic E-state index is 13.6. The number of carbonyl (C=O) groups is 1. The summed E-state index contributed by atoms with van der Waals surface area (Å²) in [5.74, 6) is -0.197. The van der Waals surface area contributed by atoms with E-state index in [9.17, 15) is 18.0 Å². The summed E-state index contributed by atoms with van der Waals surface area (Å²) in [6.07, 6.45) is 1.12. The normalized spacial score (nSPS) is 15.1. The van der Waals surface area contributed by atoms with Crippen LogP contribution in [-0.4, -0.2) is 74.8 Å². The molecule has 1 aliphatic rings. The van der Waals surface area contributed by atoms with Gasteiger partial charge < -0.3 is 9.64 Å². The lowest BCUT2D eigenvalue weighted by molar-refractivity contribution is -0.133. The maximum atomic E-state index is 13.6. The number of fused-ring (bicyclic) bond motifs is 1. The van der Waals surface area contributed by atoms with Crippen molar-refractivity contribution in [3.63, 3.8) is 0 Å². The summed E-state index contributed by atoms with van der Waals surface area (Å²) in [5.41, 5.74) is 3.65. The number of rotatable bonds is 9. The van der Waals surface area contributed by atoms with Crippen molar-refractivity contribution in [3.05, 3.63) is 87.0 Å². The number of likely N-dealkylation sites (N-methyl/N-ethyl adjacent to an activating group) is 1. The summed E-state index contributed by atoms with van der Waals surface area (Å²) in [7, 11) is -1.68. The Kier molecular flexibility index (Phi) is 8.81. The third kappa shape index (κ3) is 6.99. The van der Waals surface area contributed by atoms with Crippen molar-refractivity contribution in [2.45, 2.75) is 12.6 Å². The van der Waals surface area contributed by atoms with Gasteiger partial charge in [-0.05, 0) is 35.4 Å². The molecule has 41 heavy (non-hydrogen) atoms. The number of nitrogens with one attached hydrogen (secondary N) is 1. The van der Waals surface area contributed by atoms with Crippen LogP contribution in [0.3, 0.4) is 0 Å². The van der Waals surface area contributed by atoms with Gasteiger partial charge in [0.05, 0.1) is 41.4 Å². The fourth-order valence-corrected chi connectivity index (χ4v) is 6.61. The van der Waals surface area contributed by atoms with E-state index in [1.807, 2.05) is 36.4 Å². The van der Waals surface area contributed by atoms with Gasteiger partial charge >= 0.3 is 4.87 Å². The Labute approximate surface area is 248 Å². The van der Waals surface area contributed by atoms with Crippen LogP contribution in [0.4, 0.5) is 5.69 Å². The molecule has 0 bridgehead atoms. The number of carbonyl (C=O) groups excluding carboxylic acids is 1. The summed E-state index contributed by atoms with van der Waals surface area (Å²) >= 11 is 7.27. The lowest BCUT2D eigenvalue weighted by Gasteiger charge is -2.35. The standard InChI is InChI=1S/C29H31ClN4O5S2/c1-32(28(35)19-34-25-17-22(30)11-12-27(25)40-29(34)36)26(18-33-13-15-39-16-14-33)21-9-7-20(8-10-21)23-5-3-4-6-24(23)31-41(2,37)38/h3-12,17,26,31H,13-16,18-19H2,1-2H3. The topological polar surface area (TPSA) is 101 Å². The first-order chi connectivity index (χ1) is 19.6. The van der Waals surface area contributed by atoms with Gasteiger partial charge in [-0.3, -0.25) is 23.8 Å². The molecule has 2 heterocycles.